The van der Waals surface area contributed by atoms with Crippen molar-refractivity contribution in [3.8, 4) is 0 Å². The minimum atomic E-state index is -0.672. The Morgan fingerprint density at radius 1 is 1.03 bits per heavy atom. The number of benzene rings is 3. The molecule has 0 spiro atoms. The van der Waals surface area contributed by atoms with Crippen molar-refractivity contribution in [1.82, 2.24) is 9.88 Å². The van der Waals surface area contributed by atoms with Crippen molar-refractivity contribution in [3.63, 3.8) is 0 Å². The van der Waals surface area contributed by atoms with Crippen LogP contribution in [0, 0.1) is 6.92 Å². The Labute approximate surface area is 188 Å². The molecule has 162 valence electrons. The Kier molecular flexibility index (Phi) is 6.09. The fourth-order valence-corrected chi connectivity index (χ4v) is 3.45. The van der Waals surface area contributed by atoms with E-state index in [4.69, 9.17) is 16.0 Å². The number of amides is 2. The Morgan fingerprint density at radius 2 is 1.81 bits per heavy atom. The summed E-state index contributed by atoms with van der Waals surface area (Å²) in [5.74, 6) is -1.38. The number of fused-ring (bicyclic) bond motifs is 1. The molecular weight excluding hydrogens is 430 g/mol. The van der Waals surface area contributed by atoms with Crippen LogP contribution in [0.15, 0.2) is 75.9 Å². The average molecular weight is 450 g/mol. The zero-order valence-corrected chi connectivity index (χ0v) is 18.0. The molecule has 1 heterocycles. The van der Waals surface area contributed by atoms with Gasteiger partial charge in [-0.05, 0) is 55.0 Å². The van der Waals surface area contributed by atoms with Crippen LogP contribution in [0.2, 0.25) is 5.02 Å². The first-order chi connectivity index (χ1) is 15.4. The number of carbonyl (C=O) groups is 2. The largest absolute Gasteiger partial charge is 0.420 e. The van der Waals surface area contributed by atoms with Crippen LogP contribution in [-0.2, 0) is 17.9 Å². The number of hydrogen-bond acceptors (Lipinski definition) is 4. The molecule has 7 nitrogen and oxygen atoms in total. The molecule has 1 aromatic heterocycles. The van der Waals surface area contributed by atoms with Gasteiger partial charge in [0.05, 0.1) is 5.52 Å². The molecule has 0 saturated heterocycles. The molecule has 3 aromatic carbocycles. The van der Waals surface area contributed by atoms with E-state index in [9.17, 15) is 14.4 Å². The molecular formula is C24H20ClN3O4. The van der Waals surface area contributed by atoms with E-state index in [0.29, 0.717) is 27.4 Å². The molecule has 0 atom stereocenters. The first kappa shape index (κ1) is 21.4. The highest BCUT2D eigenvalue weighted by Gasteiger charge is 2.15. The van der Waals surface area contributed by atoms with Crippen LogP contribution < -0.4 is 16.4 Å². The number of oxazole rings is 1. The third-order valence-corrected chi connectivity index (χ3v) is 5.15. The number of nitrogens with one attached hydrogen (secondary N) is 2. The van der Waals surface area contributed by atoms with Crippen LogP contribution in [0.3, 0.4) is 0 Å². The third kappa shape index (κ3) is 4.90. The minimum Gasteiger partial charge on any atom is -0.408 e. The summed E-state index contributed by atoms with van der Waals surface area (Å²) in [6.07, 6.45) is 0. The van der Waals surface area contributed by atoms with Gasteiger partial charge in [0, 0.05) is 22.8 Å². The molecule has 0 unspecified atom stereocenters. The van der Waals surface area contributed by atoms with E-state index in [-0.39, 0.29) is 24.9 Å². The van der Waals surface area contributed by atoms with Crippen molar-refractivity contribution in [2.75, 3.05) is 5.32 Å². The second-order valence-electron chi connectivity index (χ2n) is 7.36. The maximum atomic E-state index is 12.7. The van der Waals surface area contributed by atoms with Gasteiger partial charge in [0.1, 0.15) is 6.54 Å². The van der Waals surface area contributed by atoms with Gasteiger partial charge < -0.3 is 15.1 Å². The van der Waals surface area contributed by atoms with Gasteiger partial charge in [-0.3, -0.25) is 14.2 Å². The van der Waals surface area contributed by atoms with Crippen LogP contribution >= 0.6 is 11.6 Å². The van der Waals surface area contributed by atoms with Gasteiger partial charge in [-0.25, -0.2) is 4.79 Å². The lowest BCUT2D eigenvalue weighted by Crippen LogP contribution is -2.30. The zero-order valence-electron chi connectivity index (χ0n) is 17.2. The van der Waals surface area contributed by atoms with E-state index in [2.05, 4.69) is 10.6 Å². The SMILES string of the molecule is Cc1ccc(NC(=O)c2ccc3oc(=O)n(CC(=O)NCc4cccc(Cl)c4)c3c2)cc1. The fourth-order valence-electron chi connectivity index (χ4n) is 3.24. The molecule has 0 aliphatic rings. The smallest absolute Gasteiger partial charge is 0.408 e. The molecule has 0 aliphatic carbocycles. The summed E-state index contributed by atoms with van der Waals surface area (Å²) in [6.45, 7) is 1.99. The summed E-state index contributed by atoms with van der Waals surface area (Å²) in [6, 6.07) is 19.2. The number of nitrogens with zero attached hydrogens (tertiary/aromatic N) is 1. The van der Waals surface area contributed by atoms with Crippen molar-refractivity contribution >= 4 is 40.2 Å². The molecule has 4 rings (SSSR count). The first-order valence-electron chi connectivity index (χ1n) is 9.91. The molecule has 2 amide bonds. The zero-order chi connectivity index (χ0) is 22.7. The normalized spacial score (nSPS) is 10.8. The minimum absolute atomic E-state index is 0.241. The lowest BCUT2D eigenvalue weighted by molar-refractivity contribution is -0.121. The van der Waals surface area contributed by atoms with E-state index in [0.717, 1.165) is 11.1 Å². The predicted molar refractivity (Wildman–Crippen MR) is 123 cm³/mol. The van der Waals surface area contributed by atoms with Crippen molar-refractivity contribution < 1.29 is 14.0 Å². The number of halogens is 1. The number of rotatable bonds is 6. The van der Waals surface area contributed by atoms with E-state index >= 15 is 0 Å². The molecule has 0 aliphatic heterocycles. The molecule has 0 fully saturated rings. The second kappa shape index (κ2) is 9.11. The lowest BCUT2D eigenvalue weighted by Gasteiger charge is -2.08. The number of aromatic nitrogens is 1. The number of hydrogen-bond donors (Lipinski definition) is 2. The van der Waals surface area contributed by atoms with Crippen LogP contribution in [0.1, 0.15) is 21.5 Å². The number of anilines is 1. The maximum absolute atomic E-state index is 12.7. The summed E-state index contributed by atoms with van der Waals surface area (Å²) >= 11 is 5.96. The molecule has 0 radical (unpaired) electrons. The van der Waals surface area contributed by atoms with Gasteiger partial charge in [-0.15, -0.1) is 0 Å². The summed E-state index contributed by atoms with van der Waals surface area (Å²) in [7, 11) is 0. The quantitative estimate of drug-likeness (QED) is 0.463. The maximum Gasteiger partial charge on any atom is 0.420 e. The number of aryl methyl sites for hydroxylation is 1. The monoisotopic (exact) mass is 449 g/mol. The van der Waals surface area contributed by atoms with Gasteiger partial charge in [0.2, 0.25) is 5.91 Å². The molecule has 32 heavy (non-hydrogen) atoms. The highest BCUT2D eigenvalue weighted by atomic mass is 35.5. The Hall–Kier alpha value is -3.84. The molecule has 4 aromatic rings. The summed E-state index contributed by atoms with van der Waals surface area (Å²) < 4.78 is 6.42. The highest BCUT2D eigenvalue weighted by Crippen LogP contribution is 2.17. The highest BCUT2D eigenvalue weighted by molar-refractivity contribution is 6.30. The standard InChI is InChI=1S/C24H20ClN3O4/c1-15-5-8-19(9-6-15)27-23(30)17-7-10-21-20(12-17)28(24(31)32-21)14-22(29)26-13-16-3-2-4-18(25)11-16/h2-12H,13-14H2,1H3,(H,26,29)(H,27,30). The van der Waals surface area contributed by atoms with Gasteiger partial charge in [-0.1, -0.05) is 41.4 Å². The van der Waals surface area contributed by atoms with Crippen molar-refractivity contribution in [2.45, 2.75) is 20.0 Å². The van der Waals surface area contributed by atoms with Crippen LogP contribution in [0.5, 0.6) is 0 Å². The van der Waals surface area contributed by atoms with E-state index in [1.807, 2.05) is 37.3 Å². The van der Waals surface area contributed by atoms with Gasteiger partial charge >= 0.3 is 5.76 Å². The fraction of sp³-hybridized carbons (Fsp3) is 0.125. The molecule has 0 bridgehead atoms. The van der Waals surface area contributed by atoms with Crippen LogP contribution in [0.4, 0.5) is 5.69 Å². The topological polar surface area (TPSA) is 93.3 Å². The first-order valence-corrected chi connectivity index (χ1v) is 10.3. The van der Waals surface area contributed by atoms with Gasteiger partial charge in [0.25, 0.3) is 5.91 Å². The van der Waals surface area contributed by atoms with Crippen molar-refractivity contribution in [1.29, 1.82) is 0 Å². The van der Waals surface area contributed by atoms with Crippen LogP contribution in [-0.4, -0.2) is 16.4 Å². The van der Waals surface area contributed by atoms with Crippen molar-refractivity contribution in [2.24, 2.45) is 0 Å². The molecule has 0 saturated carbocycles. The van der Waals surface area contributed by atoms with Crippen molar-refractivity contribution in [3.05, 3.63) is 99.0 Å². The Morgan fingerprint density at radius 3 is 2.56 bits per heavy atom. The van der Waals surface area contributed by atoms with E-state index in [1.165, 1.54) is 10.6 Å². The number of carbonyl (C=O) groups excluding carboxylic acids is 2. The van der Waals surface area contributed by atoms with Crippen LogP contribution in [0.25, 0.3) is 11.1 Å². The average Bonchev–Trinajstić information content (AvgIpc) is 3.08. The van der Waals surface area contributed by atoms with E-state index in [1.54, 1.807) is 30.3 Å². The molecule has 2 N–H and O–H groups in total. The Bertz CT molecular complexity index is 1360. The summed E-state index contributed by atoms with van der Waals surface area (Å²) in [4.78, 5) is 37.4. The second-order valence-corrected chi connectivity index (χ2v) is 7.80. The predicted octanol–water partition coefficient (Wildman–Crippen LogP) is 4.13. The third-order valence-electron chi connectivity index (χ3n) is 4.92. The van der Waals surface area contributed by atoms with Gasteiger partial charge in [0.15, 0.2) is 5.58 Å². The van der Waals surface area contributed by atoms with E-state index < -0.39 is 5.76 Å². The summed E-state index contributed by atoms with van der Waals surface area (Å²) in [5, 5.41) is 6.14. The van der Waals surface area contributed by atoms with Gasteiger partial charge in [-0.2, -0.15) is 0 Å². The Balaban J connectivity index is 1.51. The lowest BCUT2D eigenvalue weighted by atomic mass is 10.1. The summed E-state index contributed by atoms with van der Waals surface area (Å²) in [5.41, 5.74) is 3.58. The molecule has 8 heteroatoms.